The van der Waals surface area contributed by atoms with E-state index in [0.29, 0.717) is 15.6 Å². The van der Waals surface area contributed by atoms with Crippen LogP contribution in [0.25, 0.3) is 0 Å². The summed E-state index contributed by atoms with van der Waals surface area (Å²) < 4.78 is 3.77. The van der Waals surface area contributed by atoms with Crippen molar-refractivity contribution in [2.24, 2.45) is 5.92 Å². The molecule has 6 heteroatoms. The number of aryl methyl sites for hydroxylation is 1. The Morgan fingerprint density at radius 3 is 3.06 bits per heavy atom. The number of carbonyl (C=O) groups excluding carboxylic acids is 1. The normalized spacial score (nSPS) is 24.6. The van der Waals surface area contributed by atoms with Crippen LogP contribution in [-0.2, 0) is 0 Å². The minimum atomic E-state index is -0.0332. The van der Waals surface area contributed by atoms with Gasteiger partial charge in [0.25, 0.3) is 5.91 Å². The minimum absolute atomic E-state index is 0.0332. The van der Waals surface area contributed by atoms with Crippen LogP contribution in [0.5, 0.6) is 0 Å². The van der Waals surface area contributed by atoms with Gasteiger partial charge in [-0.3, -0.25) is 4.79 Å². The molecule has 0 aliphatic heterocycles. The van der Waals surface area contributed by atoms with Gasteiger partial charge < -0.3 is 5.32 Å². The lowest BCUT2D eigenvalue weighted by Crippen LogP contribution is -2.31. The van der Waals surface area contributed by atoms with Crippen molar-refractivity contribution < 1.29 is 4.79 Å². The lowest BCUT2D eigenvalue weighted by Gasteiger charge is -2.25. The van der Waals surface area contributed by atoms with E-state index >= 15 is 0 Å². The molecule has 1 aliphatic carbocycles. The molecule has 2 atom stereocenters. The molecule has 17 heavy (non-hydrogen) atoms. The number of carbonyl (C=O) groups is 1. The molecule has 1 saturated carbocycles. The first-order valence-electron chi connectivity index (χ1n) is 5.88. The smallest absolute Gasteiger partial charge is 0.264 e. The third kappa shape index (κ3) is 3.48. The van der Waals surface area contributed by atoms with Gasteiger partial charge in [-0.15, -0.1) is 5.10 Å². The van der Waals surface area contributed by atoms with Crippen LogP contribution in [0, 0.1) is 12.8 Å². The highest BCUT2D eigenvalue weighted by molar-refractivity contribution is 9.09. The molecular weight excluding hydrogens is 302 g/mol. The Balaban J connectivity index is 1.82. The SMILES string of the molecule is Cc1nnsc1C(=O)NCC1CCCC(Br)C1. The number of alkyl halides is 1. The van der Waals surface area contributed by atoms with E-state index in [1.165, 1.54) is 19.3 Å². The molecule has 1 heterocycles. The summed E-state index contributed by atoms with van der Waals surface area (Å²) in [6, 6.07) is 0. The molecule has 94 valence electrons. The van der Waals surface area contributed by atoms with Gasteiger partial charge >= 0.3 is 0 Å². The van der Waals surface area contributed by atoms with E-state index in [1.807, 2.05) is 6.92 Å². The summed E-state index contributed by atoms with van der Waals surface area (Å²) in [5, 5.41) is 6.83. The van der Waals surface area contributed by atoms with E-state index in [9.17, 15) is 4.79 Å². The lowest BCUT2D eigenvalue weighted by molar-refractivity contribution is 0.0947. The van der Waals surface area contributed by atoms with Gasteiger partial charge in [-0.25, -0.2) is 0 Å². The Hall–Kier alpha value is -0.490. The fourth-order valence-electron chi connectivity index (χ4n) is 2.17. The number of hydrogen-bond donors (Lipinski definition) is 1. The van der Waals surface area contributed by atoms with Crippen LogP contribution in [0.4, 0.5) is 0 Å². The van der Waals surface area contributed by atoms with Gasteiger partial charge in [0.05, 0.1) is 5.69 Å². The highest BCUT2D eigenvalue weighted by Gasteiger charge is 2.21. The number of nitrogens with one attached hydrogen (secondary N) is 1. The molecule has 0 spiro atoms. The maximum absolute atomic E-state index is 11.9. The van der Waals surface area contributed by atoms with Gasteiger partial charge in [-0.05, 0) is 43.6 Å². The van der Waals surface area contributed by atoms with Crippen LogP contribution >= 0.6 is 27.5 Å². The fraction of sp³-hybridized carbons (Fsp3) is 0.727. The number of aromatic nitrogens is 2. The van der Waals surface area contributed by atoms with E-state index < -0.39 is 0 Å². The average molecular weight is 318 g/mol. The Bertz CT molecular complexity index is 396. The van der Waals surface area contributed by atoms with Crippen molar-refractivity contribution in [3.63, 3.8) is 0 Å². The van der Waals surface area contributed by atoms with E-state index in [0.717, 1.165) is 30.2 Å². The van der Waals surface area contributed by atoms with Crippen molar-refractivity contribution in [1.82, 2.24) is 14.9 Å². The molecule has 0 bridgehead atoms. The molecule has 4 nitrogen and oxygen atoms in total. The van der Waals surface area contributed by atoms with E-state index in [4.69, 9.17) is 0 Å². The van der Waals surface area contributed by atoms with Crippen molar-refractivity contribution in [1.29, 1.82) is 0 Å². The van der Waals surface area contributed by atoms with E-state index in [1.54, 1.807) is 0 Å². The molecule has 2 rings (SSSR count). The lowest BCUT2D eigenvalue weighted by atomic mass is 9.89. The standard InChI is InChI=1S/C11H16BrN3OS/c1-7-10(17-15-14-7)11(16)13-6-8-3-2-4-9(12)5-8/h8-9H,2-6H2,1H3,(H,13,16). The maximum Gasteiger partial charge on any atom is 0.264 e. The molecule has 1 aliphatic rings. The van der Waals surface area contributed by atoms with Crippen LogP contribution in [0.3, 0.4) is 0 Å². The van der Waals surface area contributed by atoms with Crippen LogP contribution < -0.4 is 5.32 Å². The molecule has 1 aromatic rings. The third-order valence-corrected chi connectivity index (χ3v) is 4.79. The molecule has 2 unspecified atom stereocenters. The number of halogens is 1. The van der Waals surface area contributed by atoms with Crippen molar-refractivity contribution in [3.05, 3.63) is 10.6 Å². The summed E-state index contributed by atoms with van der Waals surface area (Å²) in [7, 11) is 0. The molecule has 0 aromatic carbocycles. The number of amides is 1. The van der Waals surface area contributed by atoms with Gasteiger partial charge in [0.15, 0.2) is 0 Å². The summed E-state index contributed by atoms with van der Waals surface area (Å²) in [5.41, 5.74) is 0.717. The summed E-state index contributed by atoms with van der Waals surface area (Å²) in [5.74, 6) is 0.562. The monoisotopic (exact) mass is 317 g/mol. The predicted molar refractivity (Wildman–Crippen MR) is 71.7 cm³/mol. The largest absolute Gasteiger partial charge is 0.351 e. The highest BCUT2D eigenvalue weighted by atomic mass is 79.9. The van der Waals surface area contributed by atoms with Gasteiger partial charge in [-0.2, -0.15) is 0 Å². The zero-order chi connectivity index (χ0) is 12.3. The van der Waals surface area contributed by atoms with Crippen molar-refractivity contribution in [2.45, 2.75) is 37.4 Å². The second-order valence-electron chi connectivity index (χ2n) is 4.53. The first kappa shape index (κ1) is 13.0. The van der Waals surface area contributed by atoms with E-state index in [2.05, 4.69) is 30.8 Å². The van der Waals surface area contributed by atoms with Gasteiger partial charge in [0.1, 0.15) is 4.88 Å². The topological polar surface area (TPSA) is 54.9 Å². The summed E-state index contributed by atoms with van der Waals surface area (Å²) in [6.07, 6.45) is 4.86. The zero-order valence-corrected chi connectivity index (χ0v) is 12.2. The summed E-state index contributed by atoms with van der Waals surface area (Å²) in [4.78, 5) is 13.1. The summed E-state index contributed by atoms with van der Waals surface area (Å²) >= 11 is 4.82. The zero-order valence-electron chi connectivity index (χ0n) is 9.78. The number of hydrogen-bond acceptors (Lipinski definition) is 4. The first-order chi connectivity index (χ1) is 8.16. The number of nitrogens with zero attached hydrogens (tertiary/aromatic N) is 2. The second-order valence-corrected chi connectivity index (χ2v) is 6.58. The van der Waals surface area contributed by atoms with Crippen LogP contribution in [0.2, 0.25) is 0 Å². The molecule has 1 fully saturated rings. The Morgan fingerprint density at radius 2 is 2.41 bits per heavy atom. The van der Waals surface area contributed by atoms with Gasteiger partial charge in [-0.1, -0.05) is 26.8 Å². The third-order valence-electron chi connectivity index (χ3n) is 3.13. The Morgan fingerprint density at radius 1 is 1.59 bits per heavy atom. The van der Waals surface area contributed by atoms with Gasteiger partial charge in [0, 0.05) is 11.4 Å². The summed E-state index contributed by atoms with van der Waals surface area (Å²) in [6.45, 7) is 2.58. The van der Waals surface area contributed by atoms with Crippen molar-refractivity contribution in [3.8, 4) is 0 Å². The fourth-order valence-corrected chi connectivity index (χ4v) is 3.59. The van der Waals surface area contributed by atoms with Gasteiger partial charge in [0.2, 0.25) is 0 Å². The molecule has 1 amide bonds. The van der Waals surface area contributed by atoms with Crippen LogP contribution in [-0.4, -0.2) is 26.9 Å². The molecule has 0 radical (unpaired) electrons. The van der Waals surface area contributed by atoms with Crippen LogP contribution in [0.15, 0.2) is 0 Å². The van der Waals surface area contributed by atoms with Crippen LogP contribution in [0.1, 0.15) is 41.0 Å². The van der Waals surface area contributed by atoms with Crippen molar-refractivity contribution >= 4 is 33.4 Å². The predicted octanol–water partition coefficient (Wildman–Crippen LogP) is 2.53. The number of rotatable bonds is 3. The Labute approximate surface area is 113 Å². The molecule has 1 N–H and O–H groups in total. The Kier molecular flexibility index (Phi) is 4.50. The maximum atomic E-state index is 11.9. The van der Waals surface area contributed by atoms with E-state index in [-0.39, 0.29) is 5.91 Å². The highest BCUT2D eigenvalue weighted by Crippen LogP contribution is 2.28. The van der Waals surface area contributed by atoms with Crippen molar-refractivity contribution in [2.75, 3.05) is 6.54 Å². The average Bonchev–Trinajstić information content (AvgIpc) is 2.72. The molecular formula is C11H16BrN3OS. The first-order valence-corrected chi connectivity index (χ1v) is 7.57. The minimum Gasteiger partial charge on any atom is -0.351 e. The quantitative estimate of drug-likeness (QED) is 0.872. The molecule has 1 aromatic heterocycles. The molecule has 0 saturated heterocycles. The second kappa shape index (κ2) is 5.91.